The average molecular weight is 1110 g/mol. The monoisotopic (exact) mass is 1110 g/mol. The van der Waals surface area contributed by atoms with Crippen LogP contribution in [0, 0.1) is 20.2 Å². The number of nitro benzene ring substituents is 2. The number of carbonyl (C=O) groups excluding carboxylic acids is 2. The fourth-order valence-electron chi connectivity index (χ4n) is 8.64. The summed E-state index contributed by atoms with van der Waals surface area (Å²) in [5.41, 5.74) is 4.44. The average Bonchev–Trinajstić information content (AvgIpc) is 3.42. The molecule has 22 nitrogen and oxygen atoms in total. The van der Waals surface area contributed by atoms with Crippen LogP contribution in [0.2, 0.25) is 0 Å². The van der Waals surface area contributed by atoms with Crippen molar-refractivity contribution in [2.24, 2.45) is 0 Å². The number of hydrogen-bond acceptors (Lipinski definition) is 18. The number of non-ortho nitro benzene ring substituents is 2. The lowest BCUT2D eigenvalue weighted by Crippen LogP contribution is -2.34. The molecule has 1 aliphatic heterocycles. The molecule has 410 valence electrons. The van der Waals surface area contributed by atoms with E-state index in [1.54, 1.807) is 36.4 Å². The van der Waals surface area contributed by atoms with Crippen LogP contribution in [0.1, 0.15) is 44.5 Å². The van der Waals surface area contributed by atoms with Gasteiger partial charge in [-0.05, 0) is 68.8 Å². The highest BCUT2D eigenvalue weighted by Crippen LogP contribution is 2.39. The Labute approximate surface area is 448 Å². The van der Waals surface area contributed by atoms with Crippen LogP contribution in [0.3, 0.4) is 0 Å². The van der Waals surface area contributed by atoms with Gasteiger partial charge in [0.1, 0.15) is 36.2 Å². The van der Waals surface area contributed by atoms with Crippen molar-refractivity contribution >= 4 is 43.2 Å². The molecular formula is C54H54N4O18S2. The van der Waals surface area contributed by atoms with Gasteiger partial charge in [0, 0.05) is 49.9 Å². The van der Waals surface area contributed by atoms with Crippen LogP contribution in [0.4, 0.5) is 11.4 Å². The molecular weight excluding hydrogens is 1060 g/mol. The molecule has 1 heterocycles. The molecule has 2 aliphatic rings. The molecule has 24 heteroatoms. The van der Waals surface area contributed by atoms with Gasteiger partial charge in [-0.2, -0.15) is 0 Å². The van der Waals surface area contributed by atoms with Gasteiger partial charge in [0.25, 0.3) is 43.2 Å². The number of nitrogens with zero attached hydrogens (tertiary/aromatic N) is 2. The molecule has 0 radical (unpaired) electrons. The molecule has 1 aliphatic carbocycles. The summed E-state index contributed by atoms with van der Waals surface area (Å²) in [4.78, 5) is 47.4. The molecule has 0 unspecified atom stereocenters. The van der Waals surface area contributed by atoms with E-state index in [1.807, 2.05) is 45.8 Å². The summed E-state index contributed by atoms with van der Waals surface area (Å²) in [6.07, 6.45) is 0.667. The maximum Gasteiger partial charge on any atom is 0.271 e. The Morgan fingerprint density at radius 1 is 0.423 bits per heavy atom. The largest absolute Gasteiger partial charge is 0.491 e. The molecule has 8 rings (SSSR count). The first-order chi connectivity index (χ1) is 37.6. The third kappa shape index (κ3) is 14.9. The van der Waals surface area contributed by atoms with Crippen LogP contribution in [-0.2, 0) is 74.3 Å². The number of para-hydroxylation sites is 4. The van der Waals surface area contributed by atoms with E-state index in [9.17, 15) is 46.7 Å². The van der Waals surface area contributed by atoms with E-state index in [0.29, 0.717) is 79.8 Å². The number of carbonyl (C=O) groups is 2. The summed E-state index contributed by atoms with van der Waals surface area (Å²) in [5, 5.41) is 22.5. The first-order valence-electron chi connectivity index (χ1n) is 24.5. The standard InChI is InChI=1S/C54H54N4O18S2/c59-49(55-77(65,66)47-17-13-45(14-18-47)57(61)62)35-75-53-41-9-3-11-43(53)34-44-12-4-10-42(54(44)76-36-50(60)56-78(67,68)48-19-15-46(16-20-48)58(63)64)33-40-8-2-6-38-31-37-5-1-7-39(32-41)51(37)73-29-27-71-25-23-69-21-22-70-24-26-72-28-30-74-52(38)40/h1-20H,21-36H2,(H,55,59)(H,56,60). The van der Waals surface area contributed by atoms with E-state index in [2.05, 4.69) is 0 Å². The second kappa shape index (κ2) is 26.4. The topological polar surface area (TPSA) is 287 Å². The summed E-state index contributed by atoms with van der Waals surface area (Å²) in [6.45, 7) is 1.26. The number of sulfonamides is 2. The minimum atomic E-state index is -4.51. The number of amides is 2. The molecule has 6 aromatic carbocycles. The zero-order valence-corrected chi connectivity index (χ0v) is 43.6. The molecule has 0 saturated heterocycles. The summed E-state index contributed by atoms with van der Waals surface area (Å²) < 4.78 is 106. The molecule has 0 aromatic heterocycles. The van der Waals surface area contributed by atoms with Crippen molar-refractivity contribution in [2.45, 2.75) is 35.5 Å². The molecule has 6 aromatic rings. The fraction of sp³-hybridized carbons (Fsp3) is 0.296. The van der Waals surface area contributed by atoms with Crippen molar-refractivity contribution in [1.82, 2.24) is 9.44 Å². The number of fused-ring (bicyclic) bond motifs is 4. The highest BCUT2D eigenvalue weighted by atomic mass is 32.2. The molecule has 2 N–H and O–H groups in total. The maximum atomic E-state index is 13.6. The summed E-state index contributed by atoms with van der Waals surface area (Å²) in [5.74, 6) is -0.586. The molecule has 0 fully saturated rings. The number of nitrogens with one attached hydrogen (secondary N) is 2. The first kappa shape index (κ1) is 56.2. The lowest BCUT2D eigenvalue weighted by molar-refractivity contribution is -0.385. The Balaban J connectivity index is 1.19. The molecule has 78 heavy (non-hydrogen) atoms. The van der Waals surface area contributed by atoms with Gasteiger partial charge in [-0.15, -0.1) is 0 Å². The second-order valence-electron chi connectivity index (χ2n) is 17.6. The molecule has 10 bridgehead atoms. The Bertz CT molecular complexity index is 3140. The van der Waals surface area contributed by atoms with E-state index < -0.39 is 64.7 Å². The minimum Gasteiger partial charge on any atom is -0.491 e. The molecule has 0 atom stereocenters. The number of hydrogen-bond donors (Lipinski definition) is 2. The van der Waals surface area contributed by atoms with Gasteiger partial charge >= 0.3 is 0 Å². The van der Waals surface area contributed by atoms with Crippen molar-refractivity contribution in [3.63, 3.8) is 0 Å². The highest BCUT2D eigenvalue weighted by molar-refractivity contribution is 7.90. The van der Waals surface area contributed by atoms with Crippen molar-refractivity contribution in [3.8, 4) is 23.0 Å². The van der Waals surface area contributed by atoms with Crippen LogP contribution in [0.25, 0.3) is 0 Å². The zero-order chi connectivity index (χ0) is 55.1. The number of rotatable bonds is 12. The van der Waals surface area contributed by atoms with Gasteiger partial charge in [-0.1, -0.05) is 72.8 Å². The van der Waals surface area contributed by atoms with Crippen molar-refractivity contribution in [1.29, 1.82) is 0 Å². The number of ether oxygens (including phenoxy) is 8. The summed E-state index contributed by atoms with van der Waals surface area (Å²) in [7, 11) is -9.02. The van der Waals surface area contributed by atoms with E-state index in [-0.39, 0.29) is 68.6 Å². The van der Waals surface area contributed by atoms with Crippen LogP contribution < -0.4 is 28.4 Å². The van der Waals surface area contributed by atoms with Crippen molar-refractivity contribution in [3.05, 3.63) is 186 Å². The van der Waals surface area contributed by atoms with Gasteiger partial charge in [-0.25, -0.2) is 26.3 Å². The predicted octanol–water partition coefficient (Wildman–Crippen LogP) is 5.79. The van der Waals surface area contributed by atoms with E-state index >= 15 is 0 Å². The van der Waals surface area contributed by atoms with Gasteiger partial charge in [0.05, 0.1) is 72.5 Å². The second-order valence-corrected chi connectivity index (χ2v) is 21.0. The number of nitro groups is 2. The molecule has 2 amide bonds. The van der Waals surface area contributed by atoms with Gasteiger partial charge < -0.3 is 37.9 Å². The Morgan fingerprint density at radius 2 is 0.692 bits per heavy atom. The fourth-order valence-corrected chi connectivity index (χ4v) is 10.6. The van der Waals surface area contributed by atoms with Crippen LogP contribution >= 0.6 is 0 Å². The third-order valence-electron chi connectivity index (χ3n) is 12.2. The molecule has 0 spiro atoms. The van der Waals surface area contributed by atoms with Gasteiger partial charge in [0.15, 0.2) is 13.2 Å². The zero-order valence-electron chi connectivity index (χ0n) is 41.9. The number of benzene rings is 6. The van der Waals surface area contributed by atoms with Gasteiger partial charge in [-0.3, -0.25) is 29.8 Å². The van der Waals surface area contributed by atoms with Gasteiger partial charge in [0.2, 0.25) is 0 Å². The highest BCUT2D eigenvalue weighted by Gasteiger charge is 2.26. The van der Waals surface area contributed by atoms with Crippen LogP contribution in [0.5, 0.6) is 23.0 Å². The Kier molecular flexibility index (Phi) is 19.0. The smallest absolute Gasteiger partial charge is 0.271 e. The quantitative estimate of drug-likeness (QED) is 0.108. The Hall–Kier alpha value is -8.00. The van der Waals surface area contributed by atoms with E-state index in [0.717, 1.165) is 70.8 Å². The minimum absolute atomic E-state index is 0.0205. The van der Waals surface area contributed by atoms with E-state index in [4.69, 9.17) is 37.9 Å². The lowest BCUT2D eigenvalue weighted by Gasteiger charge is -2.23. The van der Waals surface area contributed by atoms with Crippen LogP contribution in [-0.4, -0.2) is 118 Å². The maximum absolute atomic E-state index is 13.6. The molecule has 0 saturated carbocycles. The third-order valence-corrected chi connectivity index (χ3v) is 15.0. The normalized spacial score (nSPS) is 14.8. The Morgan fingerprint density at radius 3 is 1.00 bits per heavy atom. The van der Waals surface area contributed by atoms with E-state index in [1.165, 1.54) is 0 Å². The lowest BCUT2D eigenvalue weighted by atomic mass is 9.91. The predicted molar refractivity (Wildman–Crippen MR) is 279 cm³/mol. The SMILES string of the molecule is O=C(COc1c2cccc1Cc1cccc(c1OCC(=O)NS(=O)(=O)c1ccc([N+](=O)[O-])cc1)Cc1cccc3c1OCCOCCOCCOCCOCCOc1c(cccc1C2)C3)NS(=O)(=O)c1ccc([N+](=O)[O-])cc1. The summed E-state index contributed by atoms with van der Waals surface area (Å²) in [6, 6.07) is 30.1. The van der Waals surface area contributed by atoms with Crippen LogP contribution in [0.15, 0.2) is 131 Å². The van der Waals surface area contributed by atoms with Crippen molar-refractivity contribution < 1.29 is 74.2 Å². The first-order valence-corrected chi connectivity index (χ1v) is 27.5. The summed E-state index contributed by atoms with van der Waals surface area (Å²) >= 11 is 0. The van der Waals surface area contributed by atoms with Crippen molar-refractivity contribution in [2.75, 3.05) is 79.3 Å².